The maximum atomic E-state index is 12.0. The van der Waals surface area contributed by atoms with E-state index in [-0.39, 0.29) is 19.1 Å². The number of ether oxygens (including phenoxy) is 4. The summed E-state index contributed by atoms with van der Waals surface area (Å²) >= 11 is 0. The van der Waals surface area contributed by atoms with Crippen molar-refractivity contribution in [2.24, 2.45) is 5.92 Å². The minimum atomic E-state index is -0.751. The highest BCUT2D eigenvalue weighted by Gasteiger charge is 2.22. The van der Waals surface area contributed by atoms with E-state index in [0.29, 0.717) is 23.6 Å². The number of esters is 1. The molecule has 0 heterocycles. The lowest BCUT2D eigenvalue weighted by Crippen LogP contribution is -2.44. The zero-order valence-electron chi connectivity index (χ0n) is 16.9. The van der Waals surface area contributed by atoms with Crippen molar-refractivity contribution < 1.29 is 33.3 Å². The molecule has 2 amide bonds. The fourth-order valence-corrected chi connectivity index (χ4v) is 2.39. The summed E-state index contributed by atoms with van der Waals surface area (Å²) in [4.78, 5) is 35.7. The Bertz CT molecular complexity index is 676. The monoisotopic (exact) mass is 396 g/mol. The van der Waals surface area contributed by atoms with Crippen LogP contribution in [0.2, 0.25) is 0 Å². The van der Waals surface area contributed by atoms with Gasteiger partial charge in [-0.3, -0.25) is 9.59 Å². The molecule has 28 heavy (non-hydrogen) atoms. The van der Waals surface area contributed by atoms with Crippen LogP contribution in [-0.4, -0.2) is 58.4 Å². The maximum Gasteiger partial charge on any atom is 0.328 e. The smallest absolute Gasteiger partial charge is 0.328 e. The van der Waals surface area contributed by atoms with Gasteiger partial charge in [0.1, 0.15) is 30.8 Å². The minimum absolute atomic E-state index is 0.190. The Hall–Kier alpha value is -2.81. The van der Waals surface area contributed by atoms with Crippen LogP contribution in [0.4, 0.5) is 5.69 Å². The average Bonchev–Trinajstić information content (AvgIpc) is 2.66. The molecule has 0 radical (unpaired) electrons. The molecule has 1 rings (SSSR count). The van der Waals surface area contributed by atoms with Crippen molar-refractivity contribution in [3.63, 3.8) is 0 Å². The predicted octanol–water partition coefficient (Wildman–Crippen LogP) is 1.36. The molecule has 1 unspecified atom stereocenters. The molecule has 0 aromatic heterocycles. The van der Waals surface area contributed by atoms with E-state index in [1.807, 2.05) is 13.8 Å². The summed E-state index contributed by atoms with van der Waals surface area (Å²) in [6.45, 7) is 3.15. The van der Waals surface area contributed by atoms with Crippen LogP contribution in [-0.2, 0) is 23.9 Å². The second-order valence-corrected chi connectivity index (χ2v) is 6.38. The molecule has 0 fully saturated rings. The molecule has 1 aromatic rings. The summed E-state index contributed by atoms with van der Waals surface area (Å²) in [7, 11) is 4.26. The Morgan fingerprint density at radius 2 is 1.68 bits per heavy atom. The van der Waals surface area contributed by atoms with Gasteiger partial charge < -0.3 is 29.6 Å². The quantitative estimate of drug-likeness (QED) is 0.543. The average molecular weight is 396 g/mol. The van der Waals surface area contributed by atoms with Crippen LogP contribution < -0.4 is 20.1 Å². The van der Waals surface area contributed by atoms with Crippen molar-refractivity contribution in [1.29, 1.82) is 0 Å². The fourth-order valence-electron chi connectivity index (χ4n) is 2.39. The van der Waals surface area contributed by atoms with Crippen LogP contribution in [0.15, 0.2) is 18.2 Å². The molecule has 9 nitrogen and oxygen atoms in total. The highest BCUT2D eigenvalue weighted by molar-refractivity contribution is 5.93. The Morgan fingerprint density at radius 3 is 2.25 bits per heavy atom. The summed E-state index contributed by atoms with van der Waals surface area (Å²) in [6.07, 6.45) is 0.441. The number of amides is 2. The van der Waals surface area contributed by atoms with Gasteiger partial charge in [-0.1, -0.05) is 13.8 Å². The summed E-state index contributed by atoms with van der Waals surface area (Å²) in [5.41, 5.74) is 0.448. The zero-order valence-corrected chi connectivity index (χ0v) is 16.9. The van der Waals surface area contributed by atoms with Crippen LogP contribution in [0, 0.1) is 5.92 Å². The molecule has 156 valence electrons. The van der Waals surface area contributed by atoms with Crippen LogP contribution in [0.25, 0.3) is 0 Å². The molecule has 0 saturated heterocycles. The van der Waals surface area contributed by atoms with Crippen molar-refractivity contribution in [2.75, 3.05) is 39.9 Å². The van der Waals surface area contributed by atoms with E-state index >= 15 is 0 Å². The van der Waals surface area contributed by atoms with E-state index < -0.39 is 23.8 Å². The minimum Gasteiger partial charge on any atom is -0.497 e. The molecule has 0 spiro atoms. The number of nitrogens with one attached hydrogen (secondary N) is 2. The Morgan fingerprint density at radius 1 is 1.00 bits per heavy atom. The first-order chi connectivity index (χ1) is 13.3. The standard InChI is InChI=1S/C19H28N2O7/c1-12(2)8-15(19(24)27-5)21-18(23)11-28-10-17(22)20-14-7-6-13(25-3)9-16(14)26-4/h6-7,9,12,15H,8,10-11H2,1-5H3,(H,20,22)(H,21,23). The second-order valence-electron chi connectivity index (χ2n) is 6.38. The summed E-state index contributed by atoms with van der Waals surface area (Å²) in [6, 6.07) is 4.19. The zero-order chi connectivity index (χ0) is 21.1. The van der Waals surface area contributed by atoms with E-state index in [0.717, 1.165) is 0 Å². The van der Waals surface area contributed by atoms with Crippen LogP contribution in [0.3, 0.4) is 0 Å². The van der Waals surface area contributed by atoms with Gasteiger partial charge in [0.05, 0.1) is 27.0 Å². The van der Waals surface area contributed by atoms with Crippen LogP contribution in [0.5, 0.6) is 11.5 Å². The molecular weight excluding hydrogens is 368 g/mol. The molecule has 1 aromatic carbocycles. The largest absolute Gasteiger partial charge is 0.497 e. The van der Waals surface area contributed by atoms with Gasteiger partial charge in [-0.15, -0.1) is 0 Å². The summed E-state index contributed by atoms with van der Waals surface area (Å²) < 4.78 is 20.1. The SMILES string of the molecule is COC(=O)C(CC(C)C)NC(=O)COCC(=O)Nc1ccc(OC)cc1OC. The predicted molar refractivity (Wildman–Crippen MR) is 102 cm³/mol. The summed E-state index contributed by atoms with van der Waals surface area (Å²) in [5, 5.41) is 5.18. The number of anilines is 1. The maximum absolute atomic E-state index is 12.0. The number of hydrogen-bond acceptors (Lipinski definition) is 7. The summed E-state index contributed by atoms with van der Waals surface area (Å²) in [5.74, 6) is -0.278. The van der Waals surface area contributed by atoms with Gasteiger partial charge in [-0.05, 0) is 24.5 Å². The number of hydrogen-bond donors (Lipinski definition) is 2. The van der Waals surface area contributed by atoms with Gasteiger partial charge in [0, 0.05) is 6.07 Å². The lowest BCUT2D eigenvalue weighted by atomic mass is 10.0. The van der Waals surface area contributed by atoms with Crippen LogP contribution >= 0.6 is 0 Å². The third-order valence-corrected chi connectivity index (χ3v) is 3.68. The molecule has 9 heteroatoms. The Kier molecular flexibility index (Phi) is 9.80. The Balaban J connectivity index is 2.49. The first-order valence-electron chi connectivity index (χ1n) is 8.77. The molecule has 0 saturated carbocycles. The van der Waals surface area contributed by atoms with E-state index in [4.69, 9.17) is 14.2 Å². The van der Waals surface area contributed by atoms with E-state index in [1.54, 1.807) is 18.2 Å². The highest BCUT2D eigenvalue weighted by Crippen LogP contribution is 2.28. The molecule has 0 aliphatic carbocycles. The second kappa shape index (κ2) is 11.8. The van der Waals surface area contributed by atoms with Gasteiger partial charge in [0.15, 0.2) is 0 Å². The van der Waals surface area contributed by atoms with E-state index in [1.165, 1.54) is 21.3 Å². The first kappa shape index (κ1) is 23.2. The van der Waals surface area contributed by atoms with Crippen LogP contribution in [0.1, 0.15) is 20.3 Å². The molecule has 2 N–H and O–H groups in total. The molecule has 1 atom stereocenters. The van der Waals surface area contributed by atoms with Crippen molar-refractivity contribution >= 4 is 23.5 Å². The van der Waals surface area contributed by atoms with Gasteiger partial charge in [0.2, 0.25) is 11.8 Å². The Labute approximate surface area is 164 Å². The number of methoxy groups -OCH3 is 3. The molecule has 0 aliphatic rings. The van der Waals surface area contributed by atoms with Crippen molar-refractivity contribution in [3.8, 4) is 11.5 Å². The fraction of sp³-hybridized carbons (Fsp3) is 0.526. The van der Waals surface area contributed by atoms with E-state index in [2.05, 4.69) is 15.4 Å². The normalized spacial score (nSPS) is 11.5. The topological polar surface area (TPSA) is 112 Å². The molecular formula is C19H28N2O7. The highest BCUT2D eigenvalue weighted by atomic mass is 16.5. The third kappa shape index (κ3) is 7.83. The number of benzene rings is 1. The first-order valence-corrected chi connectivity index (χ1v) is 8.77. The third-order valence-electron chi connectivity index (χ3n) is 3.68. The lowest BCUT2D eigenvalue weighted by Gasteiger charge is -2.18. The van der Waals surface area contributed by atoms with Gasteiger partial charge in [0.25, 0.3) is 0 Å². The number of carbonyl (C=O) groups is 3. The van der Waals surface area contributed by atoms with Gasteiger partial charge in [-0.2, -0.15) is 0 Å². The van der Waals surface area contributed by atoms with Gasteiger partial charge in [-0.25, -0.2) is 4.79 Å². The van der Waals surface area contributed by atoms with Crippen molar-refractivity contribution in [1.82, 2.24) is 5.32 Å². The number of rotatable bonds is 11. The molecule has 0 aliphatic heterocycles. The van der Waals surface area contributed by atoms with E-state index in [9.17, 15) is 14.4 Å². The number of carbonyl (C=O) groups excluding carboxylic acids is 3. The van der Waals surface area contributed by atoms with Gasteiger partial charge >= 0.3 is 5.97 Å². The lowest BCUT2D eigenvalue weighted by molar-refractivity contribution is -0.146. The van der Waals surface area contributed by atoms with Crippen molar-refractivity contribution in [2.45, 2.75) is 26.3 Å². The molecule has 0 bridgehead atoms. The van der Waals surface area contributed by atoms with Crippen molar-refractivity contribution in [3.05, 3.63) is 18.2 Å².